The van der Waals surface area contributed by atoms with Gasteiger partial charge in [0.25, 0.3) is 0 Å². The van der Waals surface area contributed by atoms with E-state index in [2.05, 4.69) is 27.6 Å². The molecule has 1 aliphatic rings. The van der Waals surface area contributed by atoms with Crippen molar-refractivity contribution in [1.82, 2.24) is 15.5 Å². The second kappa shape index (κ2) is 11.1. The Bertz CT molecular complexity index is 607. The second-order valence-electron chi connectivity index (χ2n) is 7.11. The Balaban J connectivity index is 0.00000364. The molecule has 0 radical (unpaired) electrons. The Morgan fingerprint density at radius 2 is 2.07 bits per heavy atom. The molecule has 1 fully saturated rings. The summed E-state index contributed by atoms with van der Waals surface area (Å²) in [5.41, 5.74) is 0.118. The SMILES string of the molecule is CN=C(NCCC(C)c1cccc(C(F)(F)F)c1)NCC1CCN(C)C1.I. The Hall–Kier alpha value is -1.03. The van der Waals surface area contributed by atoms with Gasteiger partial charge in [0.1, 0.15) is 0 Å². The third-order valence-electron chi connectivity index (χ3n) is 4.92. The van der Waals surface area contributed by atoms with Crippen LogP contribution < -0.4 is 10.6 Å². The zero-order valence-corrected chi connectivity index (χ0v) is 18.5. The Morgan fingerprint density at radius 1 is 1.33 bits per heavy atom. The number of likely N-dealkylation sites (tertiary alicyclic amines) is 1. The second-order valence-corrected chi connectivity index (χ2v) is 7.11. The number of hydrogen-bond donors (Lipinski definition) is 2. The average Bonchev–Trinajstić information content (AvgIpc) is 3.02. The third-order valence-corrected chi connectivity index (χ3v) is 4.92. The first-order valence-corrected chi connectivity index (χ1v) is 9.09. The van der Waals surface area contributed by atoms with E-state index in [9.17, 15) is 13.2 Å². The lowest BCUT2D eigenvalue weighted by molar-refractivity contribution is -0.137. The Morgan fingerprint density at radius 3 is 2.67 bits per heavy atom. The summed E-state index contributed by atoms with van der Waals surface area (Å²) < 4.78 is 38.5. The number of nitrogens with one attached hydrogen (secondary N) is 2. The van der Waals surface area contributed by atoms with Crippen molar-refractivity contribution in [3.8, 4) is 0 Å². The number of hydrogen-bond acceptors (Lipinski definition) is 2. The minimum Gasteiger partial charge on any atom is -0.356 e. The van der Waals surface area contributed by atoms with Crippen molar-refractivity contribution in [2.75, 3.05) is 40.3 Å². The van der Waals surface area contributed by atoms with Crippen LogP contribution in [0.1, 0.15) is 36.8 Å². The van der Waals surface area contributed by atoms with E-state index in [1.54, 1.807) is 13.1 Å². The monoisotopic (exact) mass is 498 g/mol. The number of alkyl halides is 3. The van der Waals surface area contributed by atoms with E-state index in [0.717, 1.165) is 38.1 Å². The highest BCUT2D eigenvalue weighted by Crippen LogP contribution is 2.31. The molecule has 1 aliphatic heterocycles. The molecule has 154 valence electrons. The molecule has 2 atom stereocenters. The molecule has 1 aromatic carbocycles. The molecule has 0 saturated carbocycles. The lowest BCUT2D eigenvalue weighted by Gasteiger charge is -2.18. The molecule has 27 heavy (non-hydrogen) atoms. The smallest absolute Gasteiger partial charge is 0.356 e. The third kappa shape index (κ3) is 7.85. The van der Waals surface area contributed by atoms with Crippen LogP contribution in [-0.4, -0.2) is 51.1 Å². The molecule has 2 unspecified atom stereocenters. The summed E-state index contributed by atoms with van der Waals surface area (Å²) in [6.45, 7) is 5.71. The van der Waals surface area contributed by atoms with Gasteiger partial charge in [0, 0.05) is 26.7 Å². The first-order valence-electron chi connectivity index (χ1n) is 9.09. The molecule has 2 rings (SSSR count). The number of guanidine groups is 1. The molecule has 0 bridgehead atoms. The molecule has 4 nitrogen and oxygen atoms in total. The summed E-state index contributed by atoms with van der Waals surface area (Å²) in [6, 6.07) is 5.58. The number of benzene rings is 1. The van der Waals surface area contributed by atoms with Gasteiger partial charge in [-0.3, -0.25) is 4.99 Å². The van der Waals surface area contributed by atoms with Crippen LogP contribution in [0.2, 0.25) is 0 Å². The fourth-order valence-corrected chi connectivity index (χ4v) is 3.25. The van der Waals surface area contributed by atoms with Crippen molar-refractivity contribution in [1.29, 1.82) is 0 Å². The van der Waals surface area contributed by atoms with Gasteiger partial charge in [-0.25, -0.2) is 0 Å². The molecular formula is C19H30F3IN4. The highest BCUT2D eigenvalue weighted by atomic mass is 127. The molecular weight excluding hydrogens is 468 g/mol. The molecule has 0 amide bonds. The molecule has 1 saturated heterocycles. The van der Waals surface area contributed by atoms with Crippen LogP contribution >= 0.6 is 24.0 Å². The Kier molecular flexibility index (Phi) is 9.86. The van der Waals surface area contributed by atoms with Crippen LogP contribution in [0.25, 0.3) is 0 Å². The van der Waals surface area contributed by atoms with Crippen molar-refractivity contribution in [3.05, 3.63) is 35.4 Å². The number of aliphatic imine (C=N–C) groups is 1. The highest BCUT2D eigenvalue weighted by molar-refractivity contribution is 14.0. The van der Waals surface area contributed by atoms with Gasteiger partial charge in [-0.1, -0.05) is 25.1 Å². The minimum absolute atomic E-state index is 0. The van der Waals surface area contributed by atoms with E-state index in [1.165, 1.54) is 18.6 Å². The lowest BCUT2D eigenvalue weighted by atomic mass is 9.96. The summed E-state index contributed by atoms with van der Waals surface area (Å²) in [7, 11) is 3.86. The summed E-state index contributed by atoms with van der Waals surface area (Å²) in [6.07, 6.45) is -2.38. The number of nitrogens with zero attached hydrogens (tertiary/aromatic N) is 2. The van der Waals surface area contributed by atoms with E-state index >= 15 is 0 Å². The maximum Gasteiger partial charge on any atom is 0.416 e. The molecule has 1 heterocycles. The Labute approximate surface area is 177 Å². The van der Waals surface area contributed by atoms with Crippen LogP contribution in [0, 0.1) is 5.92 Å². The fourth-order valence-electron chi connectivity index (χ4n) is 3.25. The van der Waals surface area contributed by atoms with E-state index in [4.69, 9.17) is 0 Å². The molecule has 2 N–H and O–H groups in total. The predicted octanol–water partition coefficient (Wildman–Crippen LogP) is 3.93. The molecule has 0 aliphatic carbocycles. The van der Waals surface area contributed by atoms with Crippen molar-refractivity contribution >= 4 is 29.9 Å². The maximum absolute atomic E-state index is 12.8. The van der Waals surface area contributed by atoms with Gasteiger partial charge in [0.2, 0.25) is 0 Å². The molecule has 0 aromatic heterocycles. The number of rotatable bonds is 6. The van der Waals surface area contributed by atoms with E-state index in [-0.39, 0.29) is 29.9 Å². The van der Waals surface area contributed by atoms with E-state index < -0.39 is 11.7 Å². The van der Waals surface area contributed by atoms with Gasteiger partial charge < -0.3 is 15.5 Å². The molecule has 0 spiro atoms. The van der Waals surface area contributed by atoms with Crippen LogP contribution in [0.3, 0.4) is 0 Å². The quantitative estimate of drug-likeness (QED) is 0.355. The first-order chi connectivity index (χ1) is 12.3. The van der Waals surface area contributed by atoms with Gasteiger partial charge in [0.05, 0.1) is 5.56 Å². The van der Waals surface area contributed by atoms with Crippen molar-refractivity contribution in [3.63, 3.8) is 0 Å². The number of halogens is 4. The minimum atomic E-state index is -4.30. The highest BCUT2D eigenvalue weighted by Gasteiger charge is 2.30. The van der Waals surface area contributed by atoms with Gasteiger partial charge in [-0.2, -0.15) is 13.2 Å². The van der Waals surface area contributed by atoms with Gasteiger partial charge >= 0.3 is 6.18 Å². The van der Waals surface area contributed by atoms with Gasteiger partial charge in [-0.05, 0) is 49.9 Å². The van der Waals surface area contributed by atoms with Crippen molar-refractivity contribution in [2.45, 2.75) is 31.9 Å². The lowest BCUT2D eigenvalue weighted by Crippen LogP contribution is -2.40. The summed E-state index contributed by atoms with van der Waals surface area (Å²) in [5, 5.41) is 6.59. The average molecular weight is 498 g/mol. The van der Waals surface area contributed by atoms with Crippen LogP contribution in [0.4, 0.5) is 13.2 Å². The maximum atomic E-state index is 12.8. The summed E-state index contributed by atoms with van der Waals surface area (Å²) >= 11 is 0. The first kappa shape index (κ1) is 24.0. The van der Waals surface area contributed by atoms with Crippen molar-refractivity contribution in [2.24, 2.45) is 10.9 Å². The standard InChI is InChI=1S/C19H29F3N4.HI/c1-14(16-5-4-6-17(11-16)19(20,21)22)7-9-24-18(23-2)25-12-15-8-10-26(3)13-15;/h4-6,11,14-15H,7-10,12-13H2,1-3H3,(H2,23,24,25);1H. The topological polar surface area (TPSA) is 39.7 Å². The summed E-state index contributed by atoms with van der Waals surface area (Å²) in [5.74, 6) is 1.41. The van der Waals surface area contributed by atoms with E-state index in [0.29, 0.717) is 18.0 Å². The fraction of sp³-hybridized carbons (Fsp3) is 0.632. The zero-order valence-electron chi connectivity index (χ0n) is 16.1. The van der Waals surface area contributed by atoms with Crippen LogP contribution in [0.15, 0.2) is 29.3 Å². The normalized spacial score (nSPS) is 19.5. The van der Waals surface area contributed by atoms with Crippen LogP contribution in [0.5, 0.6) is 0 Å². The predicted molar refractivity (Wildman–Crippen MR) is 115 cm³/mol. The molecule has 8 heteroatoms. The van der Waals surface area contributed by atoms with Gasteiger partial charge in [0.15, 0.2) is 5.96 Å². The zero-order chi connectivity index (χ0) is 19.2. The van der Waals surface area contributed by atoms with E-state index in [1.807, 2.05) is 6.92 Å². The van der Waals surface area contributed by atoms with Crippen LogP contribution in [-0.2, 0) is 6.18 Å². The van der Waals surface area contributed by atoms with Crippen molar-refractivity contribution < 1.29 is 13.2 Å². The summed E-state index contributed by atoms with van der Waals surface area (Å²) in [4.78, 5) is 6.53. The largest absolute Gasteiger partial charge is 0.416 e. The van der Waals surface area contributed by atoms with Gasteiger partial charge in [-0.15, -0.1) is 24.0 Å². The molecule has 1 aromatic rings.